The number of aryl methyl sites for hydroxylation is 1. The first kappa shape index (κ1) is 20.5. The number of carbonyl (C=O) groups excluding carboxylic acids is 1. The lowest BCUT2D eigenvalue weighted by Crippen LogP contribution is -2.12. The van der Waals surface area contributed by atoms with Gasteiger partial charge in [-0.3, -0.25) is 4.98 Å². The average Bonchev–Trinajstić information content (AvgIpc) is 3.10. The van der Waals surface area contributed by atoms with Gasteiger partial charge in [-0.1, -0.05) is 12.1 Å². The average molecular weight is 426 g/mol. The molecule has 0 saturated carbocycles. The third kappa shape index (κ3) is 3.74. The maximum atomic E-state index is 13.6. The van der Waals surface area contributed by atoms with Gasteiger partial charge >= 0.3 is 12.1 Å². The van der Waals surface area contributed by atoms with Gasteiger partial charge in [0, 0.05) is 18.0 Å². The fourth-order valence-corrected chi connectivity index (χ4v) is 3.39. The predicted molar refractivity (Wildman–Crippen MR) is 108 cm³/mol. The quantitative estimate of drug-likeness (QED) is 0.430. The number of halogens is 3. The molecule has 0 aliphatic rings. The van der Waals surface area contributed by atoms with Gasteiger partial charge in [-0.05, 0) is 44.2 Å². The molecule has 3 aromatic heterocycles. The number of alkyl halides is 3. The molecular weight excluding hydrogens is 409 g/mol. The second kappa shape index (κ2) is 7.82. The van der Waals surface area contributed by atoms with Crippen molar-refractivity contribution in [3.05, 3.63) is 71.7 Å². The van der Waals surface area contributed by atoms with E-state index in [9.17, 15) is 18.0 Å². The van der Waals surface area contributed by atoms with E-state index in [2.05, 4.69) is 15.1 Å². The van der Waals surface area contributed by atoms with E-state index in [1.54, 1.807) is 44.4 Å². The van der Waals surface area contributed by atoms with Gasteiger partial charge in [0.25, 0.3) is 0 Å². The van der Waals surface area contributed by atoms with Crippen molar-refractivity contribution in [2.75, 3.05) is 6.61 Å². The third-order valence-electron chi connectivity index (χ3n) is 4.70. The molecule has 0 fully saturated rings. The van der Waals surface area contributed by atoms with Crippen LogP contribution in [0.25, 0.3) is 28.0 Å². The molecule has 0 spiro atoms. The highest BCUT2D eigenvalue weighted by atomic mass is 19.4. The van der Waals surface area contributed by atoms with Gasteiger partial charge in [-0.2, -0.15) is 18.3 Å². The van der Waals surface area contributed by atoms with Crippen LogP contribution in [-0.2, 0) is 10.9 Å². The lowest BCUT2D eigenvalue weighted by molar-refractivity contribution is -0.137. The minimum atomic E-state index is -4.59. The van der Waals surface area contributed by atoms with Gasteiger partial charge in [0.1, 0.15) is 0 Å². The molecule has 0 saturated heterocycles. The molecular formula is C22H17F3N4O2. The van der Waals surface area contributed by atoms with Gasteiger partial charge in [0.15, 0.2) is 5.65 Å². The number of pyridine rings is 2. The number of aromatic nitrogens is 4. The SMILES string of the molecule is CCOC(=O)c1cc(-c2cccnc2)nc2c1c(C)nn2-c1ccccc1C(F)(F)F. The summed E-state index contributed by atoms with van der Waals surface area (Å²) >= 11 is 0. The Morgan fingerprint density at radius 3 is 2.61 bits per heavy atom. The number of rotatable bonds is 4. The zero-order valence-corrected chi connectivity index (χ0v) is 16.6. The summed E-state index contributed by atoms with van der Waals surface area (Å²) in [6.45, 7) is 3.44. The molecule has 0 aliphatic carbocycles. The monoisotopic (exact) mass is 426 g/mol. The summed E-state index contributed by atoms with van der Waals surface area (Å²) in [5, 5.41) is 4.64. The van der Waals surface area contributed by atoms with E-state index in [-0.39, 0.29) is 23.5 Å². The van der Waals surface area contributed by atoms with E-state index >= 15 is 0 Å². The van der Waals surface area contributed by atoms with Crippen molar-refractivity contribution >= 4 is 17.0 Å². The molecule has 4 rings (SSSR count). The Labute approximate surface area is 175 Å². The van der Waals surface area contributed by atoms with Crippen LogP contribution in [0.4, 0.5) is 13.2 Å². The molecule has 3 heterocycles. The molecule has 0 bridgehead atoms. The topological polar surface area (TPSA) is 69.9 Å². The molecule has 4 aromatic rings. The summed E-state index contributed by atoms with van der Waals surface area (Å²) in [6, 6.07) is 10.1. The van der Waals surface area contributed by atoms with Crippen LogP contribution in [0.15, 0.2) is 54.9 Å². The molecule has 0 amide bonds. The Morgan fingerprint density at radius 2 is 1.94 bits per heavy atom. The fourth-order valence-electron chi connectivity index (χ4n) is 3.39. The van der Waals surface area contributed by atoms with Crippen LogP contribution in [0.2, 0.25) is 0 Å². The third-order valence-corrected chi connectivity index (χ3v) is 4.70. The Hall–Kier alpha value is -3.75. The van der Waals surface area contributed by atoms with Crippen molar-refractivity contribution < 1.29 is 22.7 Å². The predicted octanol–water partition coefficient (Wildman–Crippen LogP) is 4.99. The zero-order chi connectivity index (χ0) is 22.2. The van der Waals surface area contributed by atoms with Gasteiger partial charge in [0.05, 0.1) is 40.2 Å². The zero-order valence-electron chi connectivity index (χ0n) is 16.6. The largest absolute Gasteiger partial charge is 0.462 e. The first-order valence-electron chi connectivity index (χ1n) is 9.45. The highest BCUT2D eigenvalue weighted by Gasteiger charge is 2.35. The summed E-state index contributed by atoms with van der Waals surface area (Å²) in [5.74, 6) is -0.605. The summed E-state index contributed by atoms with van der Waals surface area (Å²) in [5.41, 5.74) is 0.598. The van der Waals surface area contributed by atoms with Gasteiger partial charge in [0.2, 0.25) is 0 Å². The fraction of sp³-hybridized carbons (Fsp3) is 0.182. The first-order valence-corrected chi connectivity index (χ1v) is 9.45. The minimum Gasteiger partial charge on any atom is -0.462 e. The molecule has 1 aromatic carbocycles. The van der Waals surface area contributed by atoms with Crippen LogP contribution in [0.1, 0.15) is 28.5 Å². The number of para-hydroxylation sites is 1. The summed E-state index contributed by atoms with van der Waals surface area (Å²) < 4.78 is 47.2. The van der Waals surface area contributed by atoms with E-state index < -0.39 is 17.7 Å². The molecule has 158 valence electrons. The van der Waals surface area contributed by atoms with Crippen LogP contribution in [0.3, 0.4) is 0 Å². The second-order valence-corrected chi connectivity index (χ2v) is 6.73. The number of nitrogens with zero attached hydrogens (tertiary/aromatic N) is 4. The summed E-state index contributed by atoms with van der Waals surface area (Å²) in [7, 11) is 0. The smallest absolute Gasteiger partial charge is 0.418 e. The molecule has 6 nitrogen and oxygen atoms in total. The maximum Gasteiger partial charge on any atom is 0.418 e. The van der Waals surface area contributed by atoms with Crippen LogP contribution in [0, 0.1) is 6.92 Å². The van der Waals surface area contributed by atoms with Crippen LogP contribution in [0.5, 0.6) is 0 Å². The normalized spacial score (nSPS) is 11.6. The second-order valence-electron chi connectivity index (χ2n) is 6.73. The molecule has 0 radical (unpaired) electrons. The maximum absolute atomic E-state index is 13.6. The number of carbonyl (C=O) groups is 1. The van der Waals surface area contributed by atoms with Crippen molar-refractivity contribution in [1.29, 1.82) is 0 Å². The van der Waals surface area contributed by atoms with E-state index in [1.807, 2.05) is 0 Å². The molecule has 0 N–H and O–H groups in total. The van der Waals surface area contributed by atoms with Crippen LogP contribution >= 0.6 is 0 Å². The lowest BCUT2D eigenvalue weighted by atomic mass is 10.1. The van der Waals surface area contributed by atoms with E-state index in [1.165, 1.54) is 18.2 Å². The molecule has 0 atom stereocenters. The van der Waals surface area contributed by atoms with Crippen LogP contribution in [-0.4, -0.2) is 32.3 Å². The van der Waals surface area contributed by atoms with E-state index in [0.717, 1.165) is 10.7 Å². The van der Waals surface area contributed by atoms with Gasteiger partial charge in [-0.15, -0.1) is 0 Å². The van der Waals surface area contributed by atoms with E-state index in [4.69, 9.17) is 4.74 Å². The number of fused-ring (bicyclic) bond motifs is 1. The van der Waals surface area contributed by atoms with Crippen LogP contribution < -0.4 is 0 Å². The Morgan fingerprint density at radius 1 is 1.16 bits per heavy atom. The number of ether oxygens (including phenoxy) is 1. The molecule has 0 aliphatic heterocycles. The van der Waals surface area contributed by atoms with Crippen molar-refractivity contribution in [2.45, 2.75) is 20.0 Å². The molecule has 0 unspecified atom stereocenters. The number of hydrogen-bond acceptors (Lipinski definition) is 5. The lowest BCUT2D eigenvalue weighted by Gasteiger charge is -2.13. The highest BCUT2D eigenvalue weighted by Crippen LogP contribution is 2.36. The molecule has 9 heteroatoms. The Balaban J connectivity index is 2.06. The Bertz CT molecular complexity index is 1270. The first-order chi connectivity index (χ1) is 14.8. The highest BCUT2D eigenvalue weighted by molar-refractivity contribution is 6.05. The number of hydrogen-bond donors (Lipinski definition) is 0. The van der Waals surface area contributed by atoms with Crippen molar-refractivity contribution in [3.8, 4) is 16.9 Å². The molecule has 31 heavy (non-hydrogen) atoms. The van der Waals surface area contributed by atoms with Gasteiger partial charge in [-0.25, -0.2) is 14.5 Å². The number of esters is 1. The number of benzene rings is 1. The summed E-state index contributed by atoms with van der Waals surface area (Å²) in [6.07, 6.45) is -1.45. The standard InChI is InChI=1S/C22H17F3N4O2/c1-3-31-21(30)15-11-17(14-7-6-10-26-12-14)27-20-19(15)13(2)28-29(20)18-9-5-4-8-16(18)22(23,24)25/h4-12H,3H2,1-2H3. The van der Waals surface area contributed by atoms with Crippen molar-refractivity contribution in [2.24, 2.45) is 0 Å². The summed E-state index contributed by atoms with van der Waals surface area (Å²) in [4.78, 5) is 21.3. The van der Waals surface area contributed by atoms with Crippen molar-refractivity contribution in [3.63, 3.8) is 0 Å². The van der Waals surface area contributed by atoms with Gasteiger partial charge < -0.3 is 4.74 Å². The minimum absolute atomic E-state index is 0.124. The Kier molecular flexibility index (Phi) is 5.18. The van der Waals surface area contributed by atoms with E-state index in [0.29, 0.717) is 22.3 Å². The van der Waals surface area contributed by atoms with Crippen molar-refractivity contribution in [1.82, 2.24) is 19.7 Å².